The van der Waals surface area contributed by atoms with Gasteiger partial charge in [-0.05, 0) is 31.6 Å². The highest BCUT2D eigenvalue weighted by molar-refractivity contribution is 5.89. The van der Waals surface area contributed by atoms with Gasteiger partial charge in [0.05, 0.1) is 5.92 Å². The van der Waals surface area contributed by atoms with E-state index in [2.05, 4.69) is 5.32 Å². The average Bonchev–Trinajstić information content (AvgIpc) is 3.17. The Kier molecular flexibility index (Phi) is 5.83. The zero-order chi connectivity index (χ0) is 14.4. The third-order valence-corrected chi connectivity index (χ3v) is 4.14. The number of unbranched alkanes of at least 4 members (excludes halogenated alkanes) is 3. The van der Waals surface area contributed by atoms with Gasteiger partial charge in [0.15, 0.2) is 0 Å². The number of rotatable bonds is 9. The van der Waals surface area contributed by atoms with Crippen LogP contribution in [0.3, 0.4) is 0 Å². The van der Waals surface area contributed by atoms with Crippen molar-refractivity contribution in [3.05, 3.63) is 0 Å². The lowest BCUT2D eigenvalue weighted by molar-refractivity contribution is -0.129. The van der Waals surface area contributed by atoms with Gasteiger partial charge in [-0.3, -0.25) is 9.59 Å². The zero-order valence-corrected chi connectivity index (χ0v) is 12.1. The molecule has 5 nitrogen and oxygen atoms in total. The highest BCUT2D eigenvalue weighted by Gasteiger charge is 2.36. The van der Waals surface area contributed by atoms with Crippen molar-refractivity contribution < 1.29 is 14.7 Å². The van der Waals surface area contributed by atoms with E-state index in [9.17, 15) is 9.59 Å². The fourth-order valence-corrected chi connectivity index (χ4v) is 2.68. The number of nitrogens with zero attached hydrogens (tertiary/aromatic N) is 1. The van der Waals surface area contributed by atoms with Crippen LogP contribution in [0.25, 0.3) is 0 Å². The molecule has 0 bridgehead atoms. The van der Waals surface area contributed by atoms with E-state index in [4.69, 9.17) is 5.11 Å². The maximum atomic E-state index is 12.0. The van der Waals surface area contributed by atoms with Crippen LogP contribution in [-0.2, 0) is 9.59 Å². The SMILES string of the molecule is O=C(NCCCCCCO)C1CC(=O)N(CC2CC2)C1. The Hall–Kier alpha value is -1.10. The summed E-state index contributed by atoms with van der Waals surface area (Å²) in [5, 5.41) is 11.6. The molecule has 1 aliphatic heterocycles. The smallest absolute Gasteiger partial charge is 0.225 e. The third-order valence-electron chi connectivity index (χ3n) is 4.14. The lowest BCUT2D eigenvalue weighted by Crippen LogP contribution is -2.34. The minimum absolute atomic E-state index is 0.0267. The molecular formula is C15H26N2O3. The lowest BCUT2D eigenvalue weighted by atomic mass is 10.1. The second-order valence-corrected chi connectivity index (χ2v) is 6.07. The Bertz CT molecular complexity index is 342. The molecule has 2 amide bonds. The number of hydrogen-bond acceptors (Lipinski definition) is 3. The van der Waals surface area contributed by atoms with E-state index >= 15 is 0 Å². The van der Waals surface area contributed by atoms with E-state index in [0.29, 0.717) is 25.4 Å². The standard InChI is InChI=1S/C15H26N2O3/c18-8-4-2-1-3-7-16-15(20)13-9-14(19)17(11-13)10-12-5-6-12/h12-13,18H,1-11H2,(H,16,20). The third kappa shape index (κ3) is 4.78. The van der Waals surface area contributed by atoms with E-state index < -0.39 is 0 Å². The minimum Gasteiger partial charge on any atom is -0.396 e. The number of carbonyl (C=O) groups excluding carboxylic acids is 2. The first kappa shape index (κ1) is 15.3. The fraction of sp³-hybridized carbons (Fsp3) is 0.867. The summed E-state index contributed by atoms with van der Waals surface area (Å²) < 4.78 is 0. The molecule has 0 aromatic carbocycles. The van der Waals surface area contributed by atoms with Crippen LogP contribution in [0.2, 0.25) is 0 Å². The number of aliphatic hydroxyl groups is 1. The van der Waals surface area contributed by atoms with E-state index in [-0.39, 0.29) is 24.3 Å². The number of amides is 2. The first-order chi connectivity index (χ1) is 9.70. The zero-order valence-electron chi connectivity index (χ0n) is 12.1. The molecule has 114 valence electrons. The normalized spacial score (nSPS) is 22.4. The summed E-state index contributed by atoms with van der Waals surface area (Å²) in [5.74, 6) is 0.699. The van der Waals surface area contributed by atoms with Crippen LogP contribution in [0.1, 0.15) is 44.9 Å². The van der Waals surface area contributed by atoms with Crippen molar-refractivity contribution in [3.8, 4) is 0 Å². The van der Waals surface area contributed by atoms with Gasteiger partial charge >= 0.3 is 0 Å². The van der Waals surface area contributed by atoms with Gasteiger partial charge in [-0.1, -0.05) is 12.8 Å². The second kappa shape index (κ2) is 7.62. The Labute approximate surface area is 120 Å². The highest BCUT2D eigenvalue weighted by atomic mass is 16.3. The number of carbonyl (C=O) groups is 2. The van der Waals surface area contributed by atoms with Gasteiger partial charge in [0.2, 0.25) is 11.8 Å². The summed E-state index contributed by atoms with van der Waals surface area (Å²) >= 11 is 0. The molecular weight excluding hydrogens is 256 g/mol. The van der Waals surface area contributed by atoms with Crippen molar-refractivity contribution in [1.29, 1.82) is 0 Å². The van der Waals surface area contributed by atoms with Crippen LogP contribution < -0.4 is 5.32 Å². The maximum Gasteiger partial charge on any atom is 0.225 e. The van der Waals surface area contributed by atoms with Crippen molar-refractivity contribution in [3.63, 3.8) is 0 Å². The molecule has 1 saturated carbocycles. The number of nitrogens with one attached hydrogen (secondary N) is 1. The van der Waals surface area contributed by atoms with Crippen LogP contribution in [0.15, 0.2) is 0 Å². The molecule has 0 aromatic heterocycles. The van der Waals surface area contributed by atoms with Gasteiger partial charge in [-0.15, -0.1) is 0 Å². The summed E-state index contributed by atoms with van der Waals surface area (Å²) in [7, 11) is 0. The topological polar surface area (TPSA) is 69.6 Å². The molecule has 2 fully saturated rings. The van der Waals surface area contributed by atoms with Crippen molar-refractivity contribution in [2.24, 2.45) is 11.8 Å². The van der Waals surface area contributed by atoms with Crippen LogP contribution in [-0.4, -0.2) is 48.1 Å². The Balaban J connectivity index is 1.59. The predicted octanol–water partition coefficient (Wildman–Crippen LogP) is 0.914. The first-order valence-corrected chi connectivity index (χ1v) is 7.87. The summed E-state index contributed by atoms with van der Waals surface area (Å²) in [6.45, 7) is 2.38. The molecule has 1 unspecified atom stereocenters. The molecule has 2 aliphatic rings. The van der Waals surface area contributed by atoms with E-state index in [1.54, 1.807) is 0 Å². The van der Waals surface area contributed by atoms with Gasteiger partial charge in [0.1, 0.15) is 0 Å². The van der Waals surface area contributed by atoms with E-state index in [1.807, 2.05) is 4.90 Å². The van der Waals surface area contributed by atoms with Gasteiger partial charge in [0, 0.05) is 32.7 Å². The monoisotopic (exact) mass is 282 g/mol. The summed E-state index contributed by atoms with van der Waals surface area (Å²) in [6, 6.07) is 0. The van der Waals surface area contributed by atoms with Gasteiger partial charge in [0.25, 0.3) is 0 Å². The summed E-state index contributed by atoms with van der Waals surface area (Å²) in [4.78, 5) is 25.7. The van der Waals surface area contributed by atoms with Crippen LogP contribution in [0.5, 0.6) is 0 Å². The summed E-state index contributed by atoms with van der Waals surface area (Å²) in [6.07, 6.45) is 6.65. The van der Waals surface area contributed by atoms with E-state index in [0.717, 1.165) is 32.2 Å². The number of hydrogen-bond donors (Lipinski definition) is 2. The van der Waals surface area contributed by atoms with Crippen LogP contribution in [0, 0.1) is 11.8 Å². The molecule has 5 heteroatoms. The predicted molar refractivity (Wildman–Crippen MR) is 76.0 cm³/mol. The molecule has 2 N–H and O–H groups in total. The second-order valence-electron chi connectivity index (χ2n) is 6.07. The molecule has 1 aliphatic carbocycles. The lowest BCUT2D eigenvalue weighted by Gasteiger charge is -2.16. The van der Waals surface area contributed by atoms with Gasteiger partial charge < -0.3 is 15.3 Å². The van der Waals surface area contributed by atoms with Gasteiger partial charge in [-0.25, -0.2) is 0 Å². The molecule has 0 spiro atoms. The molecule has 0 radical (unpaired) electrons. The Morgan fingerprint density at radius 2 is 2.00 bits per heavy atom. The quantitative estimate of drug-likeness (QED) is 0.618. The van der Waals surface area contributed by atoms with Crippen molar-refractivity contribution in [1.82, 2.24) is 10.2 Å². The molecule has 20 heavy (non-hydrogen) atoms. The molecule has 1 heterocycles. The Morgan fingerprint density at radius 1 is 1.25 bits per heavy atom. The molecule has 0 aromatic rings. The van der Waals surface area contributed by atoms with E-state index in [1.165, 1.54) is 12.8 Å². The van der Waals surface area contributed by atoms with Crippen LogP contribution >= 0.6 is 0 Å². The molecule has 2 rings (SSSR count). The minimum atomic E-state index is -0.154. The first-order valence-electron chi connectivity index (χ1n) is 7.87. The number of aliphatic hydroxyl groups excluding tert-OH is 1. The van der Waals surface area contributed by atoms with Crippen molar-refractivity contribution in [2.45, 2.75) is 44.9 Å². The maximum absolute atomic E-state index is 12.0. The van der Waals surface area contributed by atoms with Gasteiger partial charge in [-0.2, -0.15) is 0 Å². The highest BCUT2D eigenvalue weighted by Crippen LogP contribution is 2.31. The summed E-state index contributed by atoms with van der Waals surface area (Å²) in [5.41, 5.74) is 0. The number of likely N-dealkylation sites (tertiary alicyclic amines) is 1. The van der Waals surface area contributed by atoms with Crippen molar-refractivity contribution in [2.75, 3.05) is 26.2 Å². The van der Waals surface area contributed by atoms with Crippen molar-refractivity contribution >= 4 is 11.8 Å². The fourth-order valence-electron chi connectivity index (χ4n) is 2.68. The molecule has 1 atom stereocenters. The largest absolute Gasteiger partial charge is 0.396 e. The Morgan fingerprint density at radius 3 is 2.70 bits per heavy atom. The molecule has 1 saturated heterocycles. The van der Waals surface area contributed by atoms with Crippen LogP contribution in [0.4, 0.5) is 0 Å². The average molecular weight is 282 g/mol.